The molecule has 1 aromatic heterocycles. The number of oxime groups is 1. The Morgan fingerprint density at radius 3 is 2.85 bits per heavy atom. The Morgan fingerprint density at radius 2 is 2.20 bits per heavy atom. The number of aromatic nitrogens is 2. The van der Waals surface area contributed by atoms with Crippen LogP contribution in [0, 0.1) is 5.82 Å². The summed E-state index contributed by atoms with van der Waals surface area (Å²) < 4.78 is 15.8. The van der Waals surface area contributed by atoms with Crippen LogP contribution < -0.4 is 5.73 Å². The van der Waals surface area contributed by atoms with Gasteiger partial charge in [0.2, 0.25) is 0 Å². The quantitative estimate of drug-likeness (QED) is 0.288. The lowest BCUT2D eigenvalue weighted by atomic mass is 10.1. The molecule has 0 aliphatic rings. The number of hydrogen-bond acceptors (Lipinski definition) is 7. The van der Waals surface area contributed by atoms with Crippen LogP contribution in [0.15, 0.2) is 32.0 Å². The topological polar surface area (TPSA) is 84.4 Å². The SMILES string of the molecule is CSc1nnc(SCc2cccc(/C(N)=N/O)c2F)s1. The van der Waals surface area contributed by atoms with Crippen molar-refractivity contribution in [2.45, 2.75) is 14.4 Å². The summed E-state index contributed by atoms with van der Waals surface area (Å²) in [6.45, 7) is 0. The molecule has 0 atom stereocenters. The lowest BCUT2D eigenvalue weighted by molar-refractivity contribution is 0.318. The minimum atomic E-state index is -0.482. The Kier molecular flexibility index (Phi) is 5.21. The van der Waals surface area contributed by atoms with Crippen LogP contribution in [0.25, 0.3) is 0 Å². The van der Waals surface area contributed by atoms with Gasteiger partial charge in [-0.1, -0.05) is 52.1 Å². The van der Waals surface area contributed by atoms with Crippen LogP contribution in [-0.4, -0.2) is 27.5 Å². The Balaban J connectivity index is 2.13. The molecule has 0 saturated heterocycles. The Morgan fingerprint density at radius 1 is 1.45 bits per heavy atom. The van der Waals surface area contributed by atoms with E-state index in [2.05, 4.69) is 15.4 Å². The third kappa shape index (κ3) is 3.41. The first-order valence-electron chi connectivity index (χ1n) is 5.41. The Bertz CT molecular complexity index is 632. The van der Waals surface area contributed by atoms with Crippen molar-refractivity contribution in [1.82, 2.24) is 10.2 Å². The van der Waals surface area contributed by atoms with E-state index < -0.39 is 5.82 Å². The maximum absolute atomic E-state index is 14.2. The van der Waals surface area contributed by atoms with Gasteiger partial charge in [-0.3, -0.25) is 0 Å². The van der Waals surface area contributed by atoms with E-state index in [1.54, 1.807) is 12.1 Å². The van der Waals surface area contributed by atoms with Crippen LogP contribution in [0.3, 0.4) is 0 Å². The maximum Gasteiger partial charge on any atom is 0.175 e. The summed E-state index contributed by atoms with van der Waals surface area (Å²) in [6, 6.07) is 4.79. The van der Waals surface area contributed by atoms with Gasteiger partial charge in [-0.25, -0.2) is 4.39 Å². The molecule has 0 aliphatic heterocycles. The second-order valence-electron chi connectivity index (χ2n) is 3.59. The number of amidine groups is 1. The zero-order chi connectivity index (χ0) is 14.5. The smallest absolute Gasteiger partial charge is 0.175 e. The average molecular weight is 330 g/mol. The summed E-state index contributed by atoms with van der Waals surface area (Å²) in [7, 11) is 0. The monoisotopic (exact) mass is 330 g/mol. The van der Waals surface area contributed by atoms with Crippen LogP contribution in [0.2, 0.25) is 0 Å². The highest BCUT2D eigenvalue weighted by Crippen LogP contribution is 2.30. The van der Waals surface area contributed by atoms with Crippen LogP contribution >= 0.6 is 34.9 Å². The highest BCUT2D eigenvalue weighted by atomic mass is 32.2. The number of nitrogens with zero attached hydrogens (tertiary/aromatic N) is 3. The normalized spacial score (nSPS) is 11.8. The number of halogens is 1. The number of rotatable bonds is 5. The number of thioether (sulfide) groups is 2. The van der Waals surface area contributed by atoms with E-state index >= 15 is 0 Å². The Hall–Kier alpha value is -1.32. The second kappa shape index (κ2) is 6.91. The van der Waals surface area contributed by atoms with E-state index in [9.17, 15) is 4.39 Å². The zero-order valence-corrected chi connectivity index (χ0v) is 12.9. The molecule has 5 nitrogen and oxygen atoms in total. The van der Waals surface area contributed by atoms with Gasteiger partial charge in [-0.15, -0.1) is 10.2 Å². The average Bonchev–Trinajstić information content (AvgIpc) is 2.93. The minimum absolute atomic E-state index is 0.0904. The molecule has 0 aliphatic carbocycles. The molecule has 3 N–H and O–H groups in total. The van der Waals surface area contributed by atoms with E-state index in [0.717, 1.165) is 8.68 Å². The van der Waals surface area contributed by atoms with Crippen molar-refractivity contribution in [1.29, 1.82) is 0 Å². The highest BCUT2D eigenvalue weighted by Gasteiger charge is 2.12. The van der Waals surface area contributed by atoms with Crippen molar-refractivity contribution in [3.8, 4) is 0 Å². The van der Waals surface area contributed by atoms with Gasteiger partial charge in [0.15, 0.2) is 14.5 Å². The molecule has 2 rings (SSSR count). The van der Waals surface area contributed by atoms with Crippen LogP contribution in [0.5, 0.6) is 0 Å². The van der Waals surface area contributed by atoms with Crippen molar-refractivity contribution in [2.75, 3.05) is 6.26 Å². The van der Waals surface area contributed by atoms with Gasteiger partial charge in [-0.2, -0.15) is 0 Å². The third-order valence-corrected chi connectivity index (χ3v) is 5.46. The fourth-order valence-corrected chi connectivity index (χ4v) is 3.83. The molecule has 0 bridgehead atoms. The van der Waals surface area contributed by atoms with Gasteiger partial charge in [-0.05, 0) is 17.9 Å². The largest absolute Gasteiger partial charge is 0.409 e. The summed E-state index contributed by atoms with van der Waals surface area (Å²) in [6.07, 6.45) is 1.93. The summed E-state index contributed by atoms with van der Waals surface area (Å²) >= 11 is 4.39. The first kappa shape index (κ1) is 15.1. The minimum Gasteiger partial charge on any atom is -0.409 e. The van der Waals surface area contributed by atoms with E-state index in [0.29, 0.717) is 11.3 Å². The zero-order valence-electron chi connectivity index (χ0n) is 10.4. The molecule has 0 saturated carbocycles. The summed E-state index contributed by atoms with van der Waals surface area (Å²) in [5.74, 6) is -0.318. The molecule has 0 spiro atoms. The predicted octanol–water partition coefficient (Wildman–Crippen LogP) is 2.79. The lowest BCUT2D eigenvalue weighted by Crippen LogP contribution is -2.15. The van der Waals surface area contributed by atoms with Gasteiger partial charge in [0.25, 0.3) is 0 Å². The van der Waals surface area contributed by atoms with Crippen molar-refractivity contribution in [2.24, 2.45) is 10.9 Å². The van der Waals surface area contributed by atoms with Gasteiger partial charge < -0.3 is 10.9 Å². The molecule has 0 radical (unpaired) electrons. The molecule has 106 valence electrons. The molecule has 9 heteroatoms. The van der Waals surface area contributed by atoms with Gasteiger partial charge >= 0.3 is 0 Å². The van der Waals surface area contributed by atoms with Crippen molar-refractivity contribution >= 4 is 40.7 Å². The van der Waals surface area contributed by atoms with Gasteiger partial charge in [0.05, 0.1) is 5.56 Å². The molecule has 1 heterocycles. The van der Waals surface area contributed by atoms with Crippen LogP contribution in [-0.2, 0) is 5.75 Å². The second-order valence-corrected chi connectivity index (χ2v) is 6.84. The summed E-state index contributed by atoms with van der Waals surface area (Å²) in [4.78, 5) is 0. The van der Waals surface area contributed by atoms with Crippen molar-refractivity contribution < 1.29 is 9.60 Å². The van der Waals surface area contributed by atoms with Crippen LogP contribution in [0.1, 0.15) is 11.1 Å². The van der Waals surface area contributed by atoms with E-state index in [4.69, 9.17) is 10.9 Å². The molecular formula is C11H11FN4OS3. The first-order chi connectivity index (χ1) is 9.65. The Labute approximate surface area is 127 Å². The summed E-state index contributed by atoms with van der Waals surface area (Å²) in [5, 5.41) is 19.4. The van der Waals surface area contributed by atoms with Crippen molar-refractivity contribution in [3.05, 3.63) is 35.1 Å². The maximum atomic E-state index is 14.2. The number of hydrogen-bond donors (Lipinski definition) is 2. The van der Waals surface area contributed by atoms with Crippen molar-refractivity contribution in [3.63, 3.8) is 0 Å². The first-order valence-corrected chi connectivity index (χ1v) is 8.44. The fraction of sp³-hybridized carbons (Fsp3) is 0.182. The van der Waals surface area contributed by atoms with Gasteiger partial charge in [0.1, 0.15) is 5.82 Å². The molecule has 0 unspecified atom stereocenters. The molecule has 0 amide bonds. The molecule has 2 aromatic rings. The molecule has 0 fully saturated rings. The van der Waals surface area contributed by atoms with E-state index in [-0.39, 0.29) is 11.4 Å². The molecule has 1 aromatic carbocycles. The summed E-state index contributed by atoms with van der Waals surface area (Å²) in [5.41, 5.74) is 5.99. The predicted molar refractivity (Wildman–Crippen MR) is 80.2 cm³/mol. The highest BCUT2D eigenvalue weighted by molar-refractivity contribution is 8.02. The lowest BCUT2D eigenvalue weighted by Gasteiger charge is -2.06. The van der Waals surface area contributed by atoms with Gasteiger partial charge in [0, 0.05) is 5.75 Å². The van der Waals surface area contributed by atoms with E-state index in [1.165, 1.54) is 40.9 Å². The molecular weight excluding hydrogens is 319 g/mol. The number of nitrogens with two attached hydrogens (primary N) is 1. The van der Waals surface area contributed by atoms with Crippen LogP contribution in [0.4, 0.5) is 4.39 Å². The molecule has 20 heavy (non-hydrogen) atoms. The standard InChI is InChI=1S/C11H11FN4OS3/c1-18-10-14-15-11(20-10)19-5-6-3-2-4-7(8(6)12)9(13)16-17/h2-4,17H,5H2,1H3,(H2,13,16). The number of benzene rings is 1. The fourth-order valence-electron chi connectivity index (χ4n) is 1.42. The third-order valence-electron chi connectivity index (χ3n) is 2.38. The van der Waals surface area contributed by atoms with E-state index in [1.807, 2.05) is 6.26 Å².